The summed E-state index contributed by atoms with van der Waals surface area (Å²) in [6.07, 6.45) is 7.80. The summed E-state index contributed by atoms with van der Waals surface area (Å²) in [7, 11) is 0. The van der Waals surface area contributed by atoms with Crippen molar-refractivity contribution < 1.29 is 10.2 Å². The largest absolute Gasteiger partial charge is 0.508 e. The van der Waals surface area contributed by atoms with Crippen molar-refractivity contribution >= 4 is 0 Å². The molecule has 2 aromatic carbocycles. The van der Waals surface area contributed by atoms with Gasteiger partial charge in [-0.15, -0.1) is 0 Å². The molecule has 3 rings (SSSR count). The number of aromatic hydroxyl groups is 2. The first-order chi connectivity index (χ1) is 13.1. The van der Waals surface area contributed by atoms with Crippen LogP contribution in [-0.4, -0.2) is 34.7 Å². The highest BCUT2D eigenvalue weighted by Crippen LogP contribution is 2.30. The number of rotatable bonds is 8. The Morgan fingerprint density at radius 1 is 1.00 bits per heavy atom. The zero-order chi connectivity index (χ0) is 19.1. The average Bonchev–Trinajstić information content (AvgIpc) is 2.66. The predicted molar refractivity (Wildman–Crippen MR) is 111 cm³/mol. The topological polar surface area (TPSA) is 43.7 Å². The lowest BCUT2D eigenvalue weighted by Crippen LogP contribution is -2.32. The van der Waals surface area contributed by atoms with E-state index in [4.69, 9.17) is 0 Å². The second kappa shape index (κ2) is 9.61. The summed E-state index contributed by atoms with van der Waals surface area (Å²) >= 11 is 0. The third-order valence-electron chi connectivity index (χ3n) is 5.49. The van der Waals surface area contributed by atoms with Crippen LogP contribution in [0, 0.1) is 5.92 Å². The molecule has 0 amide bonds. The number of phenolic OH excluding ortho intramolecular Hbond substituents is 2. The van der Waals surface area contributed by atoms with Crippen molar-refractivity contribution in [2.75, 3.05) is 19.6 Å². The van der Waals surface area contributed by atoms with Crippen LogP contribution in [0.25, 0.3) is 0 Å². The van der Waals surface area contributed by atoms with Gasteiger partial charge in [-0.1, -0.05) is 55.3 Å². The number of benzene rings is 2. The predicted octanol–water partition coefficient (Wildman–Crippen LogP) is 4.93. The van der Waals surface area contributed by atoms with Gasteiger partial charge in [-0.05, 0) is 54.9 Å². The Bertz CT molecular complexity index is 734. The lowest BCUT2D eigenvalue weighted by Gasteiger charge is -2.30. The first-order valence-electron chi connectivity index (χ1n) is 10.1. The molecule has 3 nitrogen and oxygen atoms in total. The maximum Gasteiger partial charge on any atom is 0.119 e. The van der Waals surface area contributed by atoms with E-state index in [1.807, 2.05) is 0 Å². The summed E-state index contributed by atoms with van der Waals surface area (Å²) in [6, 6.07) is 15.6. The molecule has 1 heterocycles. The molecule has 3 heteroatoms. The second-order valence-electron chi connectivity index (χ2n) is 7.61. The molecule has 2 N–H and O–H groups in total. The summed E-state index contributed by atoms with van der Waals surface area (Å²) < 4.78 is 0. The number of nitrogens with zero attached hydrogens (tertiary/aromatic N) is 1. The van der Waals surface area contributed by atoms with Crippen molar-refractivity contribution in [1.82, 2.24) is 4.90 Å². The van der Waals surface area contributed by atoms with E-state index >= 15 is 0 Å². The molecule has 144 valence electrons. The third-order valence-corrected chi connectivity index (χ3v) is 5.49. The molecule has 0 aliphatic carbocycles. The first-order valence-corrected chi connectivity index (χ1v) is 10.1. The summed E-state index contributed by atoms with van der Waals surface area (Å²) in [5.74, 6) is 0.780. The molecule has 1 unspecified atom stereocenters. The Balaban J connectivity index is 1.58. The SMILES string of the molecule is CCCC(Cc1cc(O)cc(O)c1)C1=CCN(CCc2ccccc2)CC1. The van der Waals surface area contributed by atoms with Crippen LogP contribution in [0.3, 0.4) is 0 Å². The molecule has 0 spiro atoms. The monoisotopic (exact) mass is 365 g/mol. The molecule has 2 aromatic rings. The summed E-state index contributed by atoms with van der Waals surface area (Å²) in [4.78, 5) is 2.53. The first kappa shape index (κ1) is 19.5. The van der Waals surface area contributed by atoms with Gasteiger partial charge in [0.05, 0.1) is 0 Å². The maximum absolute atomic E-state index is 9.75. The van der Waals surface area contributed by atoms with Gasteiger partial charge in [0.2, 0.25) is 0 Å². The molecule has 0 saturated carbocycles. The van der Waals surface area contributed by atoms with Crippen molar-refractivity contribution in [3.8, 4) is 11.5 Å². The highest BCUT2D eigenvalue weighted by Gasteiger charge is 2.19. The summed E-state index contributed by atoms with van der Waals surface area (Å²) in [6.45, 7) is 5.47. The summed E-state index contributed by atoms with van der Waals surface area (Å²) in [5.41, 5.74) is 3.95. The maximum atomic E-state index is 9.75. The Morgan fingerprint density at radius 3 is 2.37 bits per heavy atom. The molecule has 0 bridgehead atoms. The van der Waals surface area contributed by atoms with Gasteiger partial charge in [-0.3, -0.25) is 4.90 Å². The van der Waals surface area contributed by atoms with Crippen molar-refractivity contribution in [2.45, 2.75) is 39.0 Å². The fourth-order valence-electron chi connectivity index (χ4n) is 4.06. The zero-order valence-electron chi connectivity index (χ0n) is 16.3. The van der Waals surface area contributed by atoms with Crippen LogP contribution in [0.15, 0.2) is 60.2 Å². The van der Waals surface area contributed by atoms with Gasteiger partial charge in [0.25, 0.3) is 0 Å². The van der Waals surface area contributed by atoms with E-state index in [9.17, 15) is 10.2 Å². The van der Waals surface area contributed by atoms with E-state index in [0.717, 1.165) is 57.3 Å². The quantitative estimate of drug-likeness (QED) is 0.652. The summed E-state index contributed by atoms with van der Waals surface area (Å²) in [5, 5.41) is 19.5. The van der Waals surface area contributed by atoms with E-state index in [1.165, 1.54) is 17.2 Å². The highest BCUT2D eigenvalue weighted by molar-refractivity contribution is 5.37. The van der Waals surface area contributed by atoms with Gasteiger partial charge in [0, 0.05) is 25.7 Å². The van der Waals surface area contributed by atoms with Gasteiger partial charge in [0.1, 0.15) is 11.5 Å². The minimum absolute atomic E-state index is 0.143. The Labute approximate surface area is 163 Å². The van der Waals surface area contributed by atoms with E-state index in [1.54, 1.807) is 12.1 Å². The Kier molecular flexibility index (Phi) is 6.94. The molecular weight excluding hydrogens is 334 g/mol. The van der Waals surface area contributed by atoms with Crippen LogP contribution >= 0.6 is 0 Å². The van der Waals surface area contributed by atoms with Crippen LogP contribution in [0.5, 0.6) is 11.5 Å². The van der Waals surface area contributed by atoms with Gasteiger partial charge < -0.3 is 10.2 Å². The van der Waals surface area contributed by atoms with Gasteiger partial charge in [-0.2, -0.15) is 0 Å². The van der Waals surface area contributed by atoms with Crippen LogP contribution in [0.4, 0.5) is 0 Å². The lowest BCUT2D eigenvalue weighted by atomic mass is 9.85. The van der Waals surface area contributed by atoms with Crippen molar-refractivity contribution in [3.63, 3.8) is 0 Å². The third kappa shape index (κ3) is 5.86. The van der Waals surface area contributed by atoms with Crippen LogP contribution in [0.2, 0.25) is 0 Å². The normalized spacial score (nSPS) is 16.1. The molecule has 1 atom stereocenters. The standard InChI is InChI=1S/C24H31NO2/c1-2-6-22(15-20-16-23(26)18-24(27)17-20)21-10-13-25(14-11-21)12-9-19-7-4-3-5-8-19/h3-5,7-8,10,16-18,22,26-27H,2,6,9,11-15H2,1H3. The van der Waals surface area contributed by atoms with Crippen molar-refractivity contribution in [3.05, 3.63) is 71.3 Å². The van der Waals surface area contributed by atoms with Gasteiger partial charge >= 0.3 is 0 Å². The second-order valence-corrected chi connectivity index (χ2v) is 7.61. The molecule has 1 aliphatic heterocycles. The van der Waals surface area contributed by atoms with Crippen LogP contribution in [-0.2, 0) is 12.8 Å². The average molecular weight is 366 g/mol. The molecular formula is C24H31NO2. The smallest absolute Gasteiger partial charge is 0.119 e. The minimum atomic E-state index is 0.143. The van der Waals surface area contributed by atoms with E-state index in [-0.39, 0.29) is 11.5 Å². The highest BCUT2D eigenvalue weighted by atomic mass is 16.3. The number of hydrogen-bond acceptors (Lipinski definition) is 3. The van der Waals surface area contributed by atoms with Crippen LogP contribution < -0.4 is 0 Å². The Morgan fingerprint density at radius 2 is 1.74 bits per heavy atom. The molecule has 0 radical (unpaired) electrons. The molecule has 0 saturated heterocycles. The van der Waals surface area contributed by atoms with Crippen molar-refractivity contribution in [2.24, 2.45) is 5.92 Å². The van der Waals surface area contributed by atoms with Gasteiger partial charge in [-0.25, -0.2) is 0 Å². The molecule has 27 heavy (non-hydrogen) atoms. The van der Waals surface area contributed by atoms with Crippen molar-refractivity contribution in [1.29, 1.82) is 0 Å². The van der Waals surface area contributed by atoms with E-state index in [0.29, 0.717) is 5.92 Å². The number of hydrogen-bond donors (Lipinski definition) is 2. The Hall–Kier alpha value is -2.26. The lowest BCUT2D eigenvalue weighted by molar-refractivity contribution is 0.288. The number of phenols is 2. The minimum Gasteiger partial charge on any atom is -0.508 e. The van der Waals surface area contributed by atoms with Crippen LogP contribution in [0.1, 0.15) is 37.3 Å². The fraction of sp³-hybridized carbons (Fsp3) is 0.417. The molecule has 0 aromatic heterocycles. The zero-order valence-corrected chi connectivity index (χ0v) is 16.3. The fourth-order valence-corrected chi connectivity index (χ4v) is 4.06. The molecule has 1 aliphatic rings. The van der Waals surface area contributed by atoms with E-state index in [2.05, 4.69) is 48.2 Å². The molecule has 0 fully saturated rings. The van der Waals surface area contributed by atoms with E-state index < -0.39 is 0 Å². The van der Waals surface area contributed by atoms with Gasteiger partial charge in [0.15, 0.2) is 0 Å².